The van der Waals surface area contributed by atoms with Gasteiger partial charge in [-0.3, -0.25) is 4.79 Å². The molecule has 0 N–H and O–H groups in total. The lowest BCUT2D eigenvalue weighted by atomic mass is 9.44. The van der Waals surface area contributed by atoms with Crippen molar-refractivity contribution in [1.29, 1.82) is 0 Å². The third-order valence-corrected chi connectivity index (χ3v) is 10.4. The topological polar surface area (TPSA) is 66.4 Å². The summed E-state index contributed by atoms with van der Waals surface area (Å²) < 4.78 is 5.35. The van der Waals surface area contributed by atoms with E-state index in [4.69, 9.17) is 4.74 Å². The van der Waals surface area contributed by atoms with Gasteiger partial charge in [0.15, 0.2) is 0 Å². The van der Waals surface area contributed by atoms with Gasteiger partial charge < -0.3 is 14.6 Å². The molecule has 164 valence electrons. The molecule has 0 spiro atoms. The molecule has 4 fully saturated rings. The Morgan fingerprint density at radius 2 is 1.79 bits per heavy atom. The van der Waals surface area contributed by atoms with E-state index in [2.05, 4.69) is 20.8 Å². The highest BCUT2D eigenvalue weighted by Crippen LogP contribution is 2.68. The SMILES string of the molecule is C[C@H](CCC(=O)[O-])[C@H]1CCC2C3CC[C@@H]4C[C@H](OC=O)CC[C@]4(C)C3CC[C@@]21C. The molecule has 0 saturated heterocycles. The van der Waals surface area contributed by atoms with Gasteiger partial charge in [0.05, 0.1) is 0 Å². The number of hydrogen-bond acceptors (Lipinski definition) is 4. The van der Waals surface area contributed by atoms with Crippen molar-refractivity contribution in [2.75, 3.05) is 0 Å². The van der Waals surface area contributed by atoms with Crippen LogP contribution >= 0.6 is 0 Å². The zero-order valence-corrected chi connectivity index (χ0v) is 18.5. The second-order valence-electron chi connectivity index (χ2n) is 11.4. The summed E-state index contributed by atoms with van der Waals surface area (Å²) in [5, 5.41) is 11.0. The zero-order valence-electron chi connectivity index (χ0n) is 18.5. The highest BCUT2D eigenvalue weighted by Gasteiger charge is 2.60. The number of ether oxygens (including phenoxy) is 1. The van der Waals surface area contributed by atoms with Crippen molar-refractivity contribution in [2.24, 2.45) is 46.3 Å². The van der Waals surface area contributed by atoms with Gasteiger partial charge >= 0.3 is 0 Å². The van der Waals surface area contributed by atoms with E-state index in [1.54, 1.807) is 0 Å². The molecule has 0 aromatic carbocycles. The minimum absolute atomic E-state index is 0.136. The molecule has 0 aliphatic heterocycles. The summed E-state index contributed by atoms with van der Waals surface area (Å²) in [6, 6.07) is 0. The van der Waals surface area contributed by atoms with Crippen molar-refractivity contribution in [3.05, 3.63) is 0 Å². The van der Waals surface area contributed by atoms with Gasteiger partial charge in [-0.2, -0.15) is 0 Å². The van der Waals surface area contributed by atoms with Crippen molar-refractivity contribution < 1.29 is 19.4 Å². The summed E-state index contributed by atoms with van der Waals surface area (Å²) in [6.07, 6.45) is 12.2. The van der Waals surface area contributed by atoms with Crippen LogP contribution in [0.15, 0.2) is 0 Å². The smallest absolute Gasteiger partial charge is 0.293 e. The standard InChI is InChI=1S/C25H40O4/c1-16(4-9-23(27)28)20-7-8-21-19-6-5-17-14-18(29-15-26)10-12-24(17,2)22(19)11-13-25(20,21)3/h15-22H,4-14H2,1-3H3,(H,27,28)/p-1/t16-,17-,18-,19?,20-,21?,22?,24+,25-/m1/s1. The van der Waals surface area contributed by atoms with Crippen LogP contribution < -0.4 is 5.11 Å². The van der Waals surface area contributed by atoms with E-state index in [9.17, 15) is 14.7 Å². The highest BCUT2D eigenvalue weighted by molar-refractivity contribution is 5.64. The Bertz CT molecular complexity index is 632. The molecule has 0 radical (unpaired) electrons. The number of aliphatic carboxylic acids is 1. The Labute approximate surface area is 176 Å². The minimum Gasteiger partial charge on any atom is -0.550 e. The maximum absolute atomic E-state index is 11.0. The van der Waals surface area contributed by atoms with Crippen molar-refractivity contribution in [2.45, 2.75) is 97.5 Å². The maximum atomic E-state index is 11.0. The number of fused-ring (bicyclic) bond motifs is 5. The third kappa shape index (κ3) is 3.53. The third-order valence-electron chi connectivity index (χ3n) is 10.4. The number of carbonyl (C=O) groups excluding carboxylic acids is 2. The van der Waals surface area contributed by atoms with E-state index < -0.39 is 5.97 Å². The first kappa shape index (κ1) is 21.2. The average Bonchev–Trinajstić information content (AvgIpc) is 3.04. The second kappa shape index (κ2) is 7.89. The van der Waals surface area contributed by atoms with Crippen LogP contribution in [-0.2, 0) is 14.3 Å². The molecule has 0 amide bonds. The van der Waals surface area contributed by atoms with E-state index in [0.717, 1.165) is 37.0 Å². The van der Waals surface area contributed by atoms with Crippen molar-refractivity contribution in [3.63, 3.8) is 0 Å². The summed E-state index contributed by atoms with van der Waals surface area (Å²) in [5.41, 5.74) is 0.791. The molecule has 4 saturated carbocycles. The largest absolute Gasteiger partial charge is 0.550 e. The summed E-state index contributed by atoms with van der Waals surface area (Å²) in [4.78, 5) is 21.8. The fourth-order valence-corrected chi connectivity index (χ4v) is 8.94. The molecule has 4 aliphatic carbocycles. The molecule has 0 aromatic rings. The molecule has 29 heavy (non-hydrogen) atoms. The van der Waals surface area contributed by atoms with Crippen molar-refractivity contribution >= 4 is 12.4 Å². The Kier molecular flexibility index (Phi) is 5.76. The molecule has 4 aliphatic rings. The number of carboxylic acids is 1. The quantitative estimate of drug-likeness (QED) is 0.618. The molecule has 3 unspecified atom stereocenters. The molecule has 4 rings (SSSR count). The van der Waals surface area contributed by atoms with Crippen LogP contribution in [0.25, 0.3) is 0 Å². The first-order chi connectivity index (χ1) is 13.8. The lowest BCUT2D eigenvalue weighted by Crippen LogP contribution is -2.54. The predicted molar refractivity (Wildman–Crippen MR) is 110 cm³/mol. The second-order valence-corrected chi connectivity index (χ2v) is 11.4. The molecular weight excluding hydrogens is 364 g/mol. The normalized spacial score (nSPS) is 47.4. The first-order valence-electron chi connectivity index (χ1n) is 12.1. The Hall–Kier alpha value is -1.06. The number of carbonyl (C=O) groups is 2. The van der Waals surface area contributed by atoms with Crippen LogP contribution in [0.1, 0.15) is 91.4 Å². The van der Waals surface area contributed by atoms with Gasteiger partial charge in [-0.1, -0.05) is 20.8 Å². The monoisotopic (exact) mass is 403 g/mol. The lowest BCUT2D eigenvalue weighted by molar-refractivity contribution is -0.306. The van der Waals surface area contributed by atoms with E-state index in [1.165, 1.54) is 44.9 Å². The molecule has 4 nitrogen and oxygen atoms in total. The first-order valence-corrected chi connectivity index (χ1v) is 12.1. The molecule has 9 atom stereocenters. The number of rotatable bonds is 6. The molecule has 0 aromatic heterocycles. The Morgan fingerprint density at radius 3 is 2.52 bits per heavy atom. The van der Waals surface area contributed by atoms with Gasteiger partial charge in [0.25, 0.3) is 6.47 Å². The Balaban J connectivity index is 1.48. The van der Waals surface area contributed by atoms with Gasteiger partial charge in [0.2, 0.25) is 0 Å². The van der Waals surface area contributed by atoms with Gasteiger partial charge in [-0.25, -0.2) is 0 Å². The maximum Gasteiger partial charge on any atom is 0.293 e. The minimum atomic E-state index is -0.902. The van der Waals surface area contributed by atoms with E-state index in [-0.39, 0.29) is 12.5 Å². The molecule has 0 heterocycles. The Morgan fingerprint density at radius 1 is 1.07 bits per heavy atom. The van der Waals surface area contributed by atoms with Crippen LogP contribution in [0.3, 0.4) is 0 Å². The van der Waals surface area contributed by atoms with Crippen LogP contribution in [0.5, 0.6) is 0 Å². The van der Waals surface area contributed by atoms with Crippen molar-refractivity contribution in [1.82, 2.24) is 0 Å². The van der Waals surface area contributed by atoms with Gasteiger partial charge in [0.1, 0.15) is 6.10 Å². The van der Waals surface area contributed by atoms with Gasteiger partial charge in [-0.05, 0) is 117 Å². The van der Waals surface area contributed by atoms with E-state index in [0.29, 0.717) is 35.1 Å². The summed E-state index contributed by atoms with van der Waals surface area (Å²) >= 11 is 0. The fraction of sp³-hybridized carbons (Fsp3) is 0.920. The molecular formula is C25H39O4-. The average molecular weight is 404 g/mol. The highest BCUT2D eigenvalue weighted by atomic mass is 16.5. The molecule has 4 heteroatoms. The fourth-order valence-electron chi connectivity index (χ4n) is 8.94. The number of hydrogen-bond donors (Lipinski definition) is 0. The van der Waals surface area contributed by atoms with E-state index >= 15 is 0 Å². The molecule has 0 bridgehead atoms. The van der Waals surface area contributed by atoms with Gasteiger partial charge in [-0.15, -0.1) is 0 Å². The summed E-state index contributed by atoms with van der Waals surface area (Å²) in [5.74, 6) is 3.38. The zero-order chi connectivity index (χ0) is 20.8. The van der Waals surface area contributed by atoms with Gasteiger partial charge in [0, 0.05) is 5.97 Å². The van der Waals surface area contributed by atoms with Crippen LogP contribution in [0, 0.1) is 46.3 Å². The summed E-state index contributed by atoms with van der Waals surface area (Å²) in [6.45, 7) is 8.00. The van der Waals surface area contributed by atoms with Crippen LogP contribution in [0.2, 0.25) is 0 Å². The van der Waals surface area contributed by atoms with Crippen LogP contribution in [-0.4, -0.2) is 18.5 Å². The summed E-state index contributed by atoms with van der Waals surface area (Å²) in [7, 11) is 0. The van der Waals surface area contributed by atoms with Crippen molar-refractivity contribution in [3.8, 4) is 0 Å². The van der Waals surface area contributed by atoms with E-state index in [1.807, 2.05) is 0 Å². The van der Waals surface area contributed by atoms with Crippen LogP contribution in [0.4, 0.5) is 0 Å². The lowest BCUT2D eigenvalue weighted by Gasteiger charge is -2.61. The number of carboxylic acid groups (broad SMARTS) is 1. The predicted octanol–water partition coefficient (Wildman–Crippen LogP) is 4.35.